The first-order chi connectivity index (χ1) is 8.15. The second-order valence-corrected chi connectivity index (χ2v) is 4.81. The predicted molar refractivity (Wildman–Crippen MR) is 73.2 cm³/mol. The van der Waals surface area contributed by atoms with Crippen molar-refractivity contribution in [3.63, 3.8) is 0 Å². The summed E-state index contributed by atoms with van der Waals surface area (Å²) in [5.74, 6) is 0.856. The zero-order valence-corrected chi connectivity index (χ0v) is 11.1. The molecule has 2 heteroatoms. The van der Waals surface area contributed by atoms with E-state index in [1.54, 1.807) is 0 Å². The van der Waals surface area contributed by atoms with Crippen molar-refractivity contribution in [2.24, 2.45) is 5.92 Å². The largest absolute Gasteiger partial charge is 0.312 e. The van der Waals surface area contributed by atoms with Gasteiger partial charge in [0.1, 0.15) is 0 Å². The zero-order chi connectivity index (χ0) is 12.7. The van der Waals surface area contributed by atoms with E-state index in [2.05, 4.69) is 13.8 Å². The number of carbonyl (C=O) groups excluding carboxylic acids is 1. The predicted octanol–water partition coefficient (Wildman–Crippen LogP) is 3.87. The van der Waals surface area contributed by atoms with E-state index < -0.39 is 0 Å². The van der Waals surface area contributed by atoms with Crippen LogP contribution in [0.3, 0.4) is 0 Å². The summed E-state index contributed by atoms with van der Waals surface area (Å²) >= 11 is 0. The molecule has 0 heterocycles. The third-order valence-corrected chi connectivity index (χ3v) is 2.76. The van der Waals surface area contributed by atoms with Gasteiger partial charge >= 0.3 is 0 Å². The third kappa shape index (κ3) is 4.59. The van der Waals surface area contributed by atoms with Gasteiger partial charge in [-0.2, -0.15) is 0 Å². The van der Waals surface area contributed by atoms with Gasteiger partial charge in [-0.15, -0.1) is 0 Å². The molecule has 0 aliphatic heterocycles. The highest BCUT2D eigenvalue weighted by molar-refractivity contribution is 5.93. The van der Waals surface area contributed by atoms with Gasteiger partial charge in [-0.1, -0.05) is 39.0 Å². The zero-order valence-electron chi connectivity index (χ0n) is 11.1. The van der Waals surface area contributed by atoms with Gasteiger partial charge in [-0.3, -0.25) is 4.79 Å². The molecule has 1 rings (SSSR count). The van der Waals surface area contributed by atoms with Crippen LogP contribution in [0.1, 0.15) is 40.0 Å². The minimum atomic E-state index is 0.236. The topological polar surface area (TPSA) is 20.3 Å². The van der Waals surface area contributed by atoms with E-state index in [0.717, 1.165) is 25.1 Å². The van der Waals surface area contributed by atoms with Crippen molar-refractivity contribution >= 4 is 11.6 Å². The fourth-order valence-electron chi connectivity index (χ4n) is 1.74. The summed E-state index contributed by atoms with van der Waals surface area (Å²) < 4.78 is 0. The molecule has 0 fully saturated rings. The molecular formula is C15H23NO. The maximum atomic E-state index is 12.1. The molecule has 1 aromatic rings. The molecule has 0 aromatic heterocycles. The van der Waals surface area contributed by atoms with Crippen LogP contribution in [0.25, 0.3) is 0 Å². The molecule has 0 N–H and O–H groups in total. The highest BCUT2D eigenvalue weighted by atomic mass is 16.2. The molecule has 0 spiro atoms. The lowest BCUT2D eigenvalue weighted by Crippen LogP contribution is -2.32. The smallest absolute Gasteiger partial charge is 0.226 e. The SMILES string of the molecule is CCCC(=O)N(CCC(C)C)c1ccccc1. The Labute approximate surface area is 105 Å². The molecule has 0 aliphatic rings. The van der Waals surface area contributed by atoms with Gasteiger partial charge in [-0.05, 0) is 30.9 Å². The Morgan fingerprint density at radius 1 is 1.24 bits per heavy atom. The molecule has 0 unspecified atom stereocenters. The lowest BCUT2D eigenvalue weighted by atomic mass is 10.1. The van der Waals surface area contributed by atoms with E-state index in [1.165, 1.54) is 0 Å². The Morgan fingerprint density at radius 3 is 2.41 bits per heavy atom. The van der Waals surface area contributed by atoms with E-state index >= 15 is 0 Å². The van der Waals surface area contributed by atoms with Crippen LogP contribution in [-0.4, -0.2) is 12.5 Å². The van der Waals surface area contributed by atoms with Crippen LogP contribution in [0.15, 0.2) is 30.3 Å². The van der Waals surface area contributed by atoms with Crippen molar-refractivity contribution in [2.45, 2.75) is 40.0 Å². The van der Waals surface area contributed by atoms with E-state index in [4.69, 9.17) is 0 Å². The molecule has 1 aromatic carbocycles. The molecule has 0 saturated carbocycles. The maximum absolute atomic E-state index is 12.1. The van der Waals surface area contributed by atoms with Crippen LogP contribution in [0.2, 0.25) is 0 Å². The van der Waals surface area contributed by atoms with Gasteiger partial charge in [0, 0.05) is 18.7 Å². The van der Waals surface area contributed by atoms with Gasteiger partial charge in [0.25, 0.3) is 0 Å². The van der Waals surface area contributed by atoms with Crippen LogP contribution < -0.4 is 4.90 Å². The van der Waals surface area contributed by atoms with Crippen molar-refractivity contribution < 1.29 is 4.79 Å². The first-order valence-electron chi connectivity index (χ1n) is 6.50. The number of hydrogen-bond donors (Lipinski definition) is 0. The second-order valence-electron chi connectivity index (χ2n) is 4.81. The summed E-state index contributed by atoms with van der Waals surface area (Å²) in [4.78, 5) is 14.0. The first kappa shape index (κ1) is 13.8. The summed E-state index contributed by atoms with van der Waals surface area (Å²) in [5.41, 5.74) is 1.02. The summed E-state index contributed by atoms with van der Waals surface area (Å²) in [6, 6.07) is 9.96. The van der Waals surface area contributed by atoms with Crippen molar-refractivity contribution in [3.8, 4) is 0 Å². The van der Waals surface area contributed by atoms with Gasteiger partial charge in [0.2, 0.25) is 5.91 Å². The van der Waals surface area contributed by atoms with Gasteiger partial charge < -0.3 is 4.90 Å². The molecule has 0 radical (unpaired) electrons. The van der Waals surface area contributed by atoms with Crippen molar-refractivity contribution in [2.75, 3.05) is 11.4 Å². The van der Waals surface area contributed by atoms with Crippen LogP contribution in [0.4, 0.5) is 5.69 Å². The lowest BCUT2D eigenvalue weighted by molar-refractivity contribution is -0.118. The minimum absolute atomic E-state index is 0.236. The molecule has 94 valence electrons. The number of anilines is 1. The third-order valence-electron chi connectivity index (χ3n) is 2.76. The van der Waals surface area contributed by atoms with Gasteiger partial charge in [-0.25, -0.2) is 0 Å². The lowest BCUT2D eigenvalue weighted by Gasteiger charge is -2.23. The second kappa shape index (κ2) is 7.10. The van der Waals surface area contributed by atoms with E-state index in [-0.39, 0.29) is 5.91 Å². The molecule has 0 aliphatic carbocycles. The average Bonchev–Trinajstić information content (AvgIpc) is 2.30. The number of hydrogen-bond acceptors (Lipinski definition) is 1. The highest BCUT2D eigenvalue weighted by Crippen LogP contribution is 2.16. The van der Waals surface area contributed by atoms with E-state index in [1.807, 2.05) is 42.2 Å². The molecule has 0 saturated heterocycles. The molecule has 0 bridgehead atoms. The molecule has 2 nitrogen and oxygen atoms in total. The summed E-state index contributed by atoms with van der Waals surface area (Å²) in [6.07, 6.45) is 2.58. The number of nitrogens with zero attached hydrogens (tertiary/aromatic N) is 1. The normalized spacial score (nSPS) is 10.6. The van der Waals surface area contributed by atoms with Crippen molar-refractivity contribution in [3.05, 3.63) is 30.3 Å². The Bertz CT molecular complexity index is 332. The van der Waals surface area contributed by atoms with E-state index in [9.17, 15) is 4.79 Å². The Hall–Kier alpha value is -1.31. The highest BCUT2D eigenvalue weighted by Gasteiger charge is 2.14. The van der Waals surface area contributed by atoms with Crippen LogP contribution in [0.5, 0.6) is 0 Å². The summed E-state index contributed by atoms with van der Waals surface area (Å²) in [6.45, 7) is 7.24. The molecule has 0 atom stereocenters. The number of amides is 1. The Kier molecular flexibility index (Phi) is 5.75. The molecule has 1 amide bonds. The number of benzene rings is 1. The van der Waals surface area contributed by atoms with Crippen LogP contribution in [-0.2, 0) is 4.79 Å². The minimum Gasteiger partial charge on any atom is -0.312 e. The number of rotatable bonds is 6. The number of para-hydroxylation sites is 1. The van der Waals surface area contributed by atoms with Crippen molar-refractivity contribution in [1.82, 2.24) is 0 Å². The monoisotopic (exact) mass is 233 g/mol. The molecular weight excluding hydrogens is 210 g/mol. The molecule has 17 heavy (non-hydrogen) atoms. The Morgan fingerprint density at radius 2 is 1.88 bits per heavy atom. The van der Waals surface area contributed by atoms with E-state index in [0.29, 0.717) is 12.3 Å². The quantitative estimate of drug-likeness (QED) is 0.730. The van der Waals surface area contributed by atoms with Crippen LogP contribution >= 0.6 is 0 Å². The standard InChI is InChI=1S/C15H23NO/c1-4-8-15(17)16(12-11-13(2)3)14-9-6-5-7-10-14/h5-7,9-10,13H,4,8,11-12H2,1-3H3. The average molecular weight is 233 g/mol. The maximum Gasteiger partial charge on any atom is 0.226 e. The summed E-state index contributed by atoms with van der Waals surface area (Å²) in [7, 11) is 0. The fraction of sp³-hybridized carbons (Fsp3) is 0.533. The fourth-order valence-corrected chi connectivity index (χ4v) is 1.74. The summed E-state index contributed by atoms with van der Waals surface area (Å²) in [5, 5.41) is 0. The van der Waals surface area contributed by atoms with Gasteiger partial charge in [0.05, 0.1) is 0 Å². The van der Waals surface area contributed by atoms with Crippen molar-refractivity contribution in [1.29, 1.82) is 0 Å². The van der Waals surface area contributed by atoms with Crippen LogP contribution in [0, 0.1) is 5.92 Å². The first-order valence-corrected chi connectivity index (χ1v) is 6.50. The van der Waals surface area contributed by atoms with Gasteiger partial charge in [0.15, 0.2) is 0 Å². The Balaban J connectivity index is 2.75. The number of carbonyl (C=O) groups is 1.